The lowest BCUT2D eigenvalue weighted by molar-refractivity contribution is -0.123. The van der Waals surface area contributed by atoms with Gasteiger partial charge in [-0.3, -0.25) is 14.5 Å². The molecular formula is C28H27ClN4O2S2. The number of thioether (sulfide) groups is 1. The summed E-state index contributed by atoms with van der Waals surface area (Å²) in [6.07, 6.45) is 0. The SMILES string of the molecule is Cc1ccc(-n2nc(-c3ccc(Cl)cc3)c3c2N(CC(=O)NC(C)C)C(=O)CS[C@@H]3c2cccs2)cc1. The molecule has 1 aliphatic heterocycles. The van der Waals surface area contributed by atoms with Crippen LogP contribution in [0.15, 0.2) is 66.0 Å². The van der Waals surface area contributed by atoms with Crippen LogP contribution >= 0.6 is 34.7 Å². The highest BCUT2D eigenvalue weighted by Crippen LogP contribution is 2.49. The van der Waals surface area contributed by atoms with Crippen LogP contribution in [0.1, 0.15) is 35.1 Å². The van der Waals surface area contributed by atoms with Crippen molar-refractivity contribution in [1.82, 2.24) is 15.1 Å². The maximum absolute atomic E-state index is 13.6. The fourth-order valence-electron chi connectivity index (χ4n) is 4.38. The number of hydrogen-bond acceptors (Lipinski definition) is 5. The molecule has 6 nitrogen and oxygen atoms in total. The summed E-state index contributed by atoms with van der Waals surface area (Å²) in [6.45, 7) is 5.76. The monoisotopic (exact) mass is 550 g/mol. The third kappa shape index (κ3) is 5.32. The summed E-state index contributed by atoms with van der Waals surface area (Å²) >= 11 is 9.43. The minimum Gasteiger partial charge on any atom is -0.352 e. The van der Waals surface area contributed by atoms with Crippen molar-refractivity contribution in [3.63, 3.8) is 0 Å². The lowest BCUT2D eigenvalue weighted by Gasteiger charge is -2.23. The molecule has 2 aromatic carbocycles. The number of carbonyl (C=O) groups is 2. The van der Waals surface area contributed by atoms with Crippen molar-refractivity contribution in [2.75, 3.05) is 17.2 Å². The molecule has 5 rings (SSSR count). The molecule has 0 saturated heterocycles. The highest BCUT2D eigenvalue weighted by Gasteiger charge is 2.38. The summed E-state index contributed by atoms with van der Waals surface area (Å²) in [4.78, 5) is 29.3. The van der Waals surface area contributed by atoms with Gasteiger partial charge < -0.3 is 5.32 Å². The molecule has 0 unspecified atom stereocenters. The molecule has 0 fully saturated rings. The first-order valence-electron chi connectivity index (χ1n) is 12.0. The normalized spacial score (nSPS) is 15.5. The zero-order valence-corrected chi connectivity index (χ0v) is 23.2. The highest BCUT2D eigenvalue weighted by atomic mass is 35.5. The van der Waals surface area contributed by atoms with Crippen LogP contribution < -0.4 is 10.2 Å². The number of benzene rings is 2. The zero-order valence-electron chi connectivity index (χ0n) is 20.8. The molecule has 190 valence electrons. The Kier molecular flexibility index (Phi) is 7.42. The van der Waals surface area contributed by atoms with E-state index >= 15 is 0 Å². The van der Waals surface area contributed by atoms with Crippen LogP contribution in [0.2, 0.25) is 5.02 Å². The molecule has 3 heterocycles. The van der Waals surface area contributed by atoms with Gasteiger partial charge in [0.1, 0.15) is 12.4 Å². The molecule has 1 aliphatic rings. The Morgan fingerprint density at radius 3 is 2.51 bits per heavy atom. The third-order valence-electron chi connectivity index (χ3n) is 6.04. The van der Waals surface area contributed by atoms with Gasteiger partial charge >= 0.3 is 0 Å². The largest absolute Gasteiger partial charge is 0.352 e. The minimum absolute atomic E-state index is 0.0334. The lowest BCUT2D eigenvalue weighted by Crippen LogP contribution is -2.44. The van der Waals surface area contributed by atoms with Crippen LogP contribution in [0.4, 0.5) is 5.82 Å². The Balaban J connectivity index is 1.78. The number of thiophene rings is 1. The fourth-order valence-corrected chi connectivity index (χ4v) is 6.68. The van der Waals surface area contributed by atoms with Crippen LogP contribution in [-0.4, -0.2) is 39.9 Å². The van der Waals surface area contributed by atoms with E-state index in [1.807, 2.05) is 85.4 Å². The second-order valence-corrected chi connectivity index (χ2v) is 11.8. The van der Waals surface area contributed by atoms with Crippen molar-refractivity contribution < 1.29 is 9.59 Å². The van der Waals surface area contributed by atoms with Gasteiger partial charge in [0.2, 0.25) is 11.8 Å². The number of aromatic nitrogens is 2. The number of fused-ring (bicyclic) bond motifs is 1. The lowest BCUT2D eigenvalue weighted by atomic mass is 10.0. The summed E-state index contributed by atoms with van der Waals surface area (Å²) in [5, 5.41) is 10.6. The third-order valence-corrected chi connectivity index (χ3v) is 8.61. The molecule has 0 saturated carbocycles. The maximum atomic E-state index is 13.6. The Morgan fingerprint density at radius 1 is 1.14 bits per heavy atom. The first kappa shape index (κ1) is 25.6. The van der Waals surface area contributed by atoms with E-state index in [-0.39, 0.29) is 35.4 Å². The minimum atomic E-state index is -0.210. The summed E-state index contributed by atoms with van der Waals surface area (Å²) < 4.78 is 1.81. The molecule has 0 aliphatic carbocycles. The van der Waals surface area contributed by atoms with Gasteiger partial charge in [0.15, 0.2) is 0 Å². The summed E-state index contributed by atoms with van der Waals surface area (Å²) in [7, 11) is 0. The standard InChI is InChI=1S/C28H27ClN4O2S2/c1-17(2)30-23(34)15-32-24(35)16-37-27(22-5-4-14-36-22)25-26(19-8-10-20(29)11-9-19)31-33(28(25)32)21-12-6-18(3)7-13-21/h4-14,17,27H,15-16H2,1-3H3,(H,30,34)/t27-/m1/s1. The van der Waals surface area contributed by atoms with Gasteiger partial charge in [0, 0.05) is 27.1 Å². The number of anilines is 1. The number of hydrogen-bond donors (Lipinski definition) is 1. The molecule has 37 heavy (non-hydrogen) atoms. The average Bonchev–Trinajstić information content (AvgIpc) is 3.50. The number of carbonyl (C=O) groups excluding carboxylic acids is 2. The van der Waals surface area contributed by atoms with E-state index < -0.39 is 0 Å². The first-order valence-corrected chi connectivity index (χ1v) is 14.3. The Labute approximate surface area is 229 Å². The molecule has 1 atom stereocenters. The molecule has 2 aromatic heterocycles. The fraction of sp³-hybridized carbons (Fsp3) is 0.250. The molecule has 0 spiro atoms. The van der Waals surface area contributed by atoms with Gasteiger partial charge in [-0.25, -0.2) is 4.68 Å². The Morgan fingerprint density at radius 2 is 1.86 bits per heavy atom. The van der Waals surface area contributed by atoms with E-state index in [9.17, 15) is 9.59 Å². The van der Waals surface area contributed by atoms with Crippen molar-refractivity contribution in [3.8, 4) is 16.9 Å². The van der Waals surface area contributed by atoms with Gasteiger partial charge in [-0.05, 0) is 56.5 Å². The van der Waals surface area contributed by atoms with Crippen LogP contribution in [0, 0.1) is 6.92 Å². The zero-order chi connectivity index (χ0) is 26.1. The average molecular weight is 551 g/mol. The van der Waals surface area contributed by atoms with Crippen LogP contribution in [0.5, 0.6) is 0 Å². The first-order chi connectivity index (χ1) is 17.8. The smallest absolute Gasteiger partial charge is 0.240 e. The molecule has 4 aromatic rings. The van der Waals surface area contributed by atoms with Gasteiger partial charge in [0.05, 0.1) is 22.4 Å². The molecule has 0 radical (unpaired) electrons. The molecule has 1 N–H and O–H groups in total. The second-order valence-electron chi connectivity index (χ2n) is 9.25. The van der Waals surface area contributed by atoms with Gasteiger partial charge in [-0.15, -0.1) is 23.1 Å². The van der Waals surface area contributed by atoms with Crippen molar-refractivity contribution in [2.45, 2.75) is 32.1 Å². The predicted octanol–water partition coefficient (Wildman–Crippen LogP) is 6.26. The van der Waals surface area contributed by atoms with E-state index in [1.54, 1.807) is 28.0 Å². The van der Waals surface area contributed by atoms with E-state index in [1.165, 1.54) is 0 Å². The van der Waals surface area contributed by atoms with Gasteiger partial charge in [-0.2, -0.15) is 5.10 Å². The van der Waals surface area contributed by atoms with Gasteiger partial charge in [0.25, 0.3) is 0 Å². The molecule has 9 heteroatoms. The summed E-state index contributed by atoms with van der Waals surface area (Å²) in [6, 6.07) is 19.7. The highest BCUT2D eigenvalue weighted by molar-refractivity contribution is 8.00. The summed E-state index contributed by atoms with van der Waals surface area (Å²) in [5.74, 6) is 0.542. The van der Waals surface area contributed by atoms with Crippen LogP contribution in [-0.2, 0) is 9.59 Å². The summed E-state index contributed by atoms with van der Waals surface area (Å²) in [5.41, 5.74) is 4.52. The van der Waals surface area contributed by atoms with Crippen molar-refractivity contribution in [3.05, 3.63) is 87.1 Å². The Hall–Kier alpha value is -3.07. The van der Waals surface area contributed by atoms with Crippen molar-refractivity contribution in [1.29, 1.82) is 0 Å². The van der Waals surface area contributed by atoms with Crippen LogP contribution in [0.3, 0.4) is 0 Å². The number of rotatable bonds is 6. The Bertz CT molecular complexity index is 1410. The van der Waals surface area contributed by atoms with Gasteiger partial charge in [-0.1, -0.05) is 47.5 Å². The topological polar surface area (TPSA) is 67.2 Å². The quantitative estimate of drug-likeness (QED) is 0.308. The van der Waals surface area contributed by atoms with E-state index in [2.05, 4.69) is 11.4 Å². The number of nitrogens with zero attached hydrogens (tertiary/aromatic N) is 3. The number of aryl methyl sites for hydroxylation is 1. The van der Waals surface area contributed by atoms with Crippen molar-refractivity contribution >= 4 is 52.3 Å². The van der Waals surface area contributed by atoms with E-state index in [0.717, 1.165) is 32.9 Å². The predicted molar refractivity (Wildman–Crippen MR) is 153 cm³/mol. The maximum Gasteiger partial charge on any atom is 0.240 e. The number of halogens is 1. The number of amides is 2. The number of nitrogens with one attached hydrogen (secondary N) is 1. The van der Waals surface area contributed by atoms with Crippen LogP contribution in [0.25, 0.3) is 16.9 Å². The molecule has 0 bridgehead atoms. The van der Waals surface area contributed by atoms with Crippen molar-refractivity contribution in [2.24, 2.45) is 0 Å². The van der Waals surface area contributed by atoms with E-state index in [4.69, 9.17) is 16.7 Å². The molecular weight excluding hydrogens is 524 g/mol. The molecule has 2 amide bonds. The second kappa shape index (κ2) is 10.7. The van der Waals surface area contributed by atoms with E-state index in [0.29, 0.717) is 10.8 Å².